The average molecular weight is 293 g/mol. The second kappa shape index (κ2) is 11.5. The normalized spacial score (nSPS) is 18.2. The van der Waals surface area contributed by atoms with Crippen LogP contribution in [0, 0.1) is 5.92 Å². The van der Waals surface area contributed by atoms with E-state index in [4.69, 9.17) is 4.74 Å². The number of hydrogen-bond donors (Lipinski definition) is 2. The summed E-state index contributed by atoms with van der Waals surface area (Å²) in [5.41, 5.74) is 0. The first-order valence-corrected chi connectivity index (χ1v) is 7.28. The number of rotatable bonds is 7. The van der Waals surface area contributed by atoms with Gasteiger partial charge >= 0.3 is 0 Å². The quantitative estimate of drug-likeness (QED) is 0.558. The van der Waals surface area contributed by atoms with Gasteiger partial charge in [-0.3, -0.25) is 4.79 Å². The summed E-state index contributed by atoms with van der Waals surface area (Å²) in [5.74, 6) is 0.127. The van der Waals surface area contributed by atoms with E-state index < -0.39 is 0 Å². The Morgan fingerprint density at radius 2 is 1.89 bits per heavy atom. The van der Waals surface area contributed by atoms with Gasteiger partial charge < -0.3 is 15.4 Å². The van der Waals surface area contributed by atoms with E-state index in [1.54, 1.807) is 0 Å². The molecule has 19 heavy (non-hydrogen) atoms. The highest BCUT2D eigenvalue weighted by Gasteiger charge is 2.13. The van der Waals surface area contributed by atoms with Crippen LogP contribution in [0.3, 0.4) is 0 Å². The van der Waals surface area contributed by atoms with Gasteiger partial charge in [0.1, 0.15) is 0 Å². The molecule has 1 aliphatic carbocycles. The Labute approximate surface area is 123 Å². The number of ether oxygens (including phenoxy) is 1. The highest BCUT2D eigenvalue weighted by atomic mass is 35.5. The number of halogens is 1. The molecule has 1 unspecified atom stereocenters. The first kappa shape index (κ1) is 18.7. The predicted molar refractivity (Wildman–Crippen MR) is 80.8 cm³/mol. The number of carbonyl (C=O) groups is 1. The van der Waals surface area contributed by atoms with Gasteiger partial charge in [0.05, 0.1) is 12.7 Å². The Bertz CT molecular complexity index is 231. The molecule has 114 valence electrons. The maximum absolute atomic E-state index is 11.6. The fourth-order valence-electron chi connectivity index (χ4n) is 2.38. The van der Waals surface area contributed by atoms with Gasteiger partial charge in [0.25, 0.3) is 0 Å². The van der Waals surface area contributed by atoms with Crippen molar-refractivity contribution in [1.82, 2.24) is 10.6 Å². The van der Waals surface area contributed by atoms with Crippen LogP contribution < -0.4 is 10.6 Å². The van der Waals surface area contributed by atoms with Crippen molar-refractivity contribution in [1.29, 1.82) is 0 Å². The highest BCUT2D eigenvalue weighted by molar-refractivity contribution is 5.85. The van der Waals surface area contributed by atoms with E-state index in [0.29, 0.717) is 19.3 Å². The van der Waals surface area contributed by atoms with Gasteiger partial charge in [-0.1, -0.05) is 32.6 Å². The molecule has 1 saturated carbocycles. The van der Waals surface area contributed by atoms with Gasteiger partial charge in [0, 0.05) is 19.0 Å². The minimum Gasteiger partial charge on any atom is -0.376 e. The van der Waals surface area contributed by atoms with Crippen molar-refractivity contribution in [2.45, 2.75) is 51.6 Å². The Kier molecular flexibility index (Phi) is 11.3. The van der Waals surface area contributed by atoms with Crippen molar-refractivity contribution in [3.8, 4) is 0 Å². The van der Waals surface area contributed by atoms with Crippen molar-refractivity contribution in [3.05, 3.63) is 0 Å². The lowest BCUT2D eigenvalue weighted by Gasteiger charge is -2.16. The van der Waals surface area contributed by atoms with Crippen LogP contribution in [-0.2, 0) is 9.53 Å². The van der Waals surface area contributed by atoms with Crippen molar-refractivity contribution in [2.24, 2.45) is 5.92 Å². The Hall–Kier alpha value is -0.320. The van der Waals surface area contributed by atoms with Gasteiger partial charge in [-0.05, 0) is 19.9 Å². The van der Waals surface area contributed by atoms with Crippen molar-refractivity contribution in [3.63, 3.8) is 0 Å². The number of amides is 1. The second-order valence-electron chi connectivity index (χ2n) is 5.23. The molecule has 0 aliphatic heterocycles. The van der Waals surface area contributed by atoms with Crippen molar-refractivity contribution >= 4 is 18.3 Å². The van der Waals surface area contributed by atoms with E-state index in [0.717, 1.165) is 6.54 Å². The Morgan fingerprint density at radius 1 is 1.26 bits per heavy atom. The molecular weight excluding hydrogens is 264 g/mol. The van der Waals surface area contributed by atoms with Crippen LogP contribution in [0.25, 0.3) is 0 Å². The number of nitrogens with one attached hydrogen (secondary N) is 2. The average Bonchev–Trinajstić information content (AvgIpc) is 2.63. The van der Waals surface area contributed by atoms with E-state index in [1.807, 2.05) is 14.0 Å². The maximum Gasteiger partial charge on any atom is 0.224 e. The van der Waals surface area contributed by atoms with E-state index >= 15 is 0 Å². The zero-order valence-electron chi connectivity index (χ0n) is 12.2. The van der Waals surface area contributed by atoms with Crippen molar-refractivity contribution in [2.75, 3.05) is 26.7 Å². The largest absolute Gasteiger partial charge is 0.376 e. The lowest BCUT2D eigenvalue weighted by molar-refractivity contribution is -0.124. The first-order chi connectivity index (χ1) is 8.74. The molecule has 2 N–H and O–H groups in total. The fraction of sp³-hybridized carbons (Fsp3) is 0.929. The van der Waals surface area contributed by atoms with Gasteiger partial charge in [-0.2, -0.15) is 0 Å². The Balaban J connectivity index is 0.00000324. The topological polar surface area (TPSA) is 50.4 Å². The van der Waals surface area contributed by atoms with Crippen LogP contribution in [0.2, 0.25) is 0 Å². The summed E-state index contributed by atoms with van der Waals surface area (Å²) in [6.45, 7) is 3.92. The van der Waals surface area contributed by atoms with Crippen LogP contribution >= 0.6 is 12.4 Å². The highest BCUT2D eigenvalue weighted by Crippen LogP contribution is 2.19. The minimum absolute atomic E-state index is 0. The van der Waals surface area contributed by atoms with E-state index in [1.165, 1.54) is 38.5 Å². The predicted octanol–water partition coefficient (Wildman–Crippen LogP) is 2.12. The van der Waals surface area contributed by atoms with Gasteiger partial charge in [-0.15, -0.1) is 12.4 Å². The summed E-state index contributed by atoms with van der Waals surface area (Å²) in [5, 5.41) is 5.92. The van der Waals surface area contributed by atoms with Crippen LogP contribution in [0.5, 0.6) is 0 Å². The van der Waals surface area contributed by atoms with E-state index in [2.05, 4.69) is 10.6 Å². The van der Waals surface area contributed by atoms with Crippen LogP contribution in [0.1, 0.15) is 45.4 Å². The molecule has 1 atom stereocenters. The molecule has 1 fully saturated rings. The summed E-state index contributed by atoms with van der Waals surface area (Å²) in [7, 11) is 1.86. The first-order valence-electron chi connectivity index (χ1n) is 7.28. The zero-order chi connectivity index (χ0) is 13.2. The van der Waals surface area contributed by atoms with Crippen LogP contribution in [0.15, 0.2) is 0 Å². The van der Waals surface area contributed by atoms with E-state index in [9.17, 15) is 4.79 Å². The molecular formula is C14H29ClN2O2. The summed E-state index contributed by atoms with van der Waals surface area (Å²) in [4.78, 5) is 11.6. The van der Waals surface area contributed by atoms with Gasteiger partial charge in [-0.25, -0.2) is 0 Å². The standard InChI is InChI=1S/C14H28N2O2.ClH/c1-12(11-15-2)14(17)16-9-10-18-13-7-5-3-4-6-8-13;/h12-13,15H,3-11H2,1-2H3,(H,16,17);1H. The summed E-state index contributed by atoms with van der Waals surface area (Å²) < 4.78 is 5.82. The molecule has 1 rings (SSSR count). The van der Waals surface area contributed by atoms with Crippen LogP contribution in [-0.4, -0.2) is 38.8 Å². The molecule has 0 bridgehead atoms. The summed E-state index contributed by atoms with van der Waals surface area (Å²) in [6, 6.07) is 0. The summed E-state index contributed by atoms with van der Waals surface area (Å²) >= 11 is 0. The molecule has 0 radical (unpaired) electrons. The summed E-state index contributed by atoms with van der Waals surface area (Å²) in [6.07, 6.45) is 8.05. The molecule has 0 aromatic heterocycles. The van der Waals surface area contributed by atoms with Crippen LogP contribution in [0.4, 0.5) is 0 Å². The third kappa shape index (κ3) is 8.45. The molecule has 0 spiro atoms. The Morgan fingerprint density at radius 3 is 2.47 bits per heavy atom. The fourth-order valence-corrected chi connectivity index (χ4v) is 2.38. The van der Waals surface area contributed by atoms with Gasteiger partial charge in [0.15, 0.2) is 0 Å². The third-order valence-corrected chi connectivity index (χ3v) is 3.51. The monoisotopic (exact) mass is 292 g/mol. The lowest BCUT2D eigenvalue weighted by atomic mass is 10.1. The maximum atomic E-state index is 11.6. The lowest BCUT2D eigenvalue weighted by Crippen LogP contribution is -2.36. The molecule has 1 aliphatic rings. The third-order valence-electron chi connectivity index (χ3n) is 3.51. The zero-order valence-corrected chi connectivity index (χ0v) is 13.1. The number of carbonyl (C=O) groups excluding carboxylic acids is 1. The minimum atomic E-state index is 0. The van der Waals surface area contributed by atoms with Crippen molar-refractivity contribution < 1.29 is 9.53 Å². The van der Waals surface area contributed by atoms with E-state index in [-0.39, 0.29) is 24.2 Å². The molecule has 0 saturated heterocycles. The SMILES string of the molecule is CNCC(C)C(=O)NCCOC1CCCCCC1.Cl. The molecule has 0 heterocycles. The molecule has 4 nitrogen and oxygen atoms in total. The van der Waals surface area contributed by atoms with Gasteiger partial charge in [0.2, 0.25) is 5.91 Å². The molecule has 5 heteroatoms. The molecule has 0 aromatic rings. The molecule has 1 amide bonds. The smallest absolute Gasteiger partial charge is 0.224 e. The number of hydrogen-bond acceptors (Lipinski definition) is 3. The second-order valence-corrected chi connectivity index (χ2v) is 5.23. The molecule has 0 aromatic carbocycles.